The minimum absolute atomic E-state index is 0.356. The normalized spacial score (nSPS) is 27.3. The van der Waals surface area contributed by atoms with Crippen LogP contribution < -0.4 is 0 Å². The monoisotopic (exact) mass is 271 g/mol. The Morgan fingerprint density at radius 1 is 1.10 bits per heavy atom. The lowest BCUT2D eigenvalue weighted by molar-refractivity contribution is -0.122. The van der Waals surface area contributed by atoms with Crippen LogP contribution in [0.2, 0.25) is 0 Å². The molecular formula is C18H25NO. The molecule has 1 aliphatic carbocycles. The molecule has 0 radical (unpaired) electrons. The second-order valence-electron chi connectivity index (χ2n) is 6.30. The zero-order chi connectivity index (χ0) is 13.8. The lowest BCUT2D eigenvalue weighted by Crippen LogP contribution is -2.38. The summed E-state index contributed by atoms with van der Waals surface area (Å²) in [5, 5.41) is 0. The molecule has 0 spiro atoms. The lowest BCUT2D eigenvalue weighted by atomic mass is 9.95. The van der Waals surface area contributed by atoms with Crippen molar-refractivity contribution in [3.05, 3.63) is 35.9 Å². The SMILES string of the molecule is O=C1CCCC1C1CCCN1CCCc1ccccc1. The maximum atomic E-state index is 12.0. The molecule has 1 heterocycles. The average Bonchev–Trinajstić information content (AvgIpc) is 3.08. The first-order valence-corrected chi connectivity index (χ1v) is 8.15. The molecule has 2 heteroatoms. The van der Waals surface area contributed by atoms with Crippen LogP contribution in [-0.2, 0) is 11.2 Å². The van der Waals surface area contributed by atoms with E-state index in [1.807, 2.05) is 0 Å². The molecule has 2 nitrogen and oxygen atoms in total. The summed E-state index contributed by atoms with van der Waals surface area (Å²) in [7, 11) is 0. The van der Waals surface area contributed by atoms with E-state index < -0.39 is 0 Å². The third-order valence-electron chi connectivity index (χ3n) is 4.98. The van der Waals surface area contributed by atoms with E-state index in [9.17, 15) is 4.79 Å². The lowest BCUT2D eigenvalue weighted by Gasteiger charge is -2.28. The van der Waals surface area contributed by atoms with Gasteiger partial charge in [0.1, 0.15) is 5.78 Å². The highest BCUT2D eigenvalue weighted by atomic mass is 16.1. The fourth-order valence-corrected chi connectivity index (χ4v) is 3.97. The molecular weight excluding hydrogens is 246 g/mol. The van der Waals surface area contributed by atoms with Crippen molar-refractivity contribution in [2.75, 3.05) is 13.1 Å². The van der Waals surface area contributed by atoms with Crippen LogP contribution in [-0.4, -0.2) is 29.8 Å². The smallest absolute Gasteiger partial charge is 0.137 e. The molecule has 1 aromatic carbocycles. The van der Waals surface area contributed by atoms with Crippen LogP contribution in [0.15, 0.2) is 30.3 Å². The van der Waals surface area contributed by atoms with Gasteiger partial charge in [-0.2, -0.15) is 0 Å². The van der Waals surface area contributed by atoms with Gasteiger partial charge in [-0.25, -0.2) is 0 Å². The third kappa shape index (κ3) is 3.12. The number of aryl methyl sites for hydroxylation is 1. The first-order chi connectivity index (χ1) is 9.84. The largest absolute Gasteiger partial charge is 0.300 e. The second kappa shape index (κ2) is 6.53. The molecule has 2 fully saturated rings. The molecule has 2 atom stereocenters. The molecule has 20 heavy (non-hydrogen) atoms. The maximum Gasteiger partial charge on any atom is 0.137 e. The highest BCUT2D eigenvalue weighted by Gasteiger charge is 2.37. The Morgan fingerprint density at radius 2 is 1.95 bits per heavy atom. The van der Waals surface area contributed by atoms with Gasteiger partial charge in [-0.05, 0) is 57.2 Å². The van der Waals surface area contributed by atoms with Gasteiger partial charge in [-0.15, -0.1) is 0 Å². The van der Waals surface area contributed by atoms with Crippen LogP contribution in [0.5, 0.6) is 0 Å². The molecule has 0 bridgehead atoms. The van der Waals surface area contributed by atoms with Crippen molar-refractivity contribution >= 4 is 5.78 Å². The molecule has 1 saturated heterocycles. The summed E-state index contributed by atoms with van der Waals surface area (Å²) in [6.07, 6.45) is 7.97. The van der Waals surface area contributed by atoms with Gasteiger partial charge in [0.05, 0.1) is 0 Å². The summed E-state index contributed by atoms with van der Waals surface area (Å²) in [6, 6.07) is 11.3. The standard InChI is InChI=1S/C18H25NO/c20-18-12-4-10-16(18)17-11-6-14-19(17)13-5-9-15-7-2-1-3-8-15/h1-3,7-8,16-17H,4-6,9-14H2. The number of nitrogens with zero attached hydrogens (tertiary/aromatic N) is 1. The van der Waals surface area contributed by atoms with E-state index in [2.05, 4.69) is 35.2 Å². The summed E-state index contributed by atoms with van der Waals surface area (Å²) in [5.74, 6) is 0.888. The van der Waals surface area contributed by atoms with E-state index in [-0.39, 0.29) is 0 Å². The van der Waals surface area contributed by atoms with Gasteiger partial charge in [0, 0.05) is 18.4 Å². The van der Waals surface area contributed by atoms with E-state index in [1.54, 1.807) is 0 Å². The van der Waals surface area contributed by atoms with Crippen molar-refractivity contribution in [1.29, 1.82) is 0 Å². The van der Waals surface area contributed by atoms with Crippen LogP contribution >= 0.6 is 0 Å². The fraction of sp³-hybridized carbons (Fsp3) is 0.611. The van der Waals surface area contributed by atoms with Gasteiger partial charge in [0.25, 0.3) is 0 Å². The number of hydrogen-bond acceptors (Lipinski definition) is 2. The van der Waals surface area contributed by atoms with E-state index >= 15 is 0 Å². The third-order valence-corrected chi connectivity index (χ3v) is 4.98. The molecule has 108 valence electrons. The molecule has 0 aromatic heterocycles. The highest BCUT2D eigenvalue weighted by Crippen LogP contribution is 2.33. The van der Waals surface area contributed by atoms with Gasteiger partial charge < -0.3 is 0 Å². The van der Waals surface area contributed by atoms with Gasteiger partial charge in [-0.1, -0.05) is 30.3 Å². The van der Waals surface area contributed by atoms with Crippen molar-refractivity contribution in [3.63, 3.8) is 0 Å². The van der Waals surface area contributed by atoms with Crippen molar-refractivity contribution in [2.24, 2.45) is 5.92 Å². The van der Waals surface area contributed by atoms with Gasteiger partial charge in [-0.3, -0.25) is 9.69 Å². The first-order valence-electron chi connectivity index (χ1n) is 8.15. The van der Waals surface area contributed by atoms with Crippen LogP contribution in [0.3, 0.4) is 0 Å². The van der Waals surface area contributed by atoms with E-state index in [0.717, 1.165) is 32.2 Å². The Labute approximate surface area is 122 Å². The summed E-state index contributed by atoms with van der Waals surface area (Å²) < 4.78 is 0. The number of rotatable bonds is 5. The molecule has 0 amide bonds. The van der Waals surface area contributed by atoms with Crippen molar-refractivity contribution in [2.45, 2.75) is 51.0 Å². The molecule has 1 aromatic rings. The molecule has 0 N–H and O–H groups in total. The quantitative estimate of drug-likeness (QED) is 0.817. The molecule has 2 aliphatic rings. The second-order valence-corrected chi connectivity index (χ2v) is 6.30. The Morgan fingerprint density at radius 3 is 2.70 bits per heavy atom. The first kappa shape index (κ1) is 13.8. The van der Waals surface area contributed by atoms with Crippen molar-refractivity contribution < 1.29 is 4.79 Å². The summed E-state index contributed by atoms with van der Waals surface area (Å²) in [5.41, 5.74) is 1.43. The fourth-order valence-electron chi connectivity index (χ4n) is 3.97. The summed E-state index contributed by atoms with van der Waals surface area (Å²) in [6.45, 7) is 2.35. The van der Waals surface area contributed by atoms with Crippen LogP contribution in [0.4, 0.5) is 0 Å². The molecule has 2 unspecified atom stereocenters. The van der Waals surface area contributed by atoms with Gasteiger partial charge >= 0.3 is 0 Å². The zero-order valence-corrected chi connectivity index (χ0v) is 12.3. The number of carbonyl (C=O) groups excluding carboxylic acids is 1. The number of benzene rings is 1. The number of ketones is 1. The van der Waals surface area contributed by atoms with Crippen molar-refractivity contribution in [3.8, 4) is 0 Å². The van der Waals surface area contributed by atoms with E-state index in [1.165, 1.54) is 31.4 Å². The minimum atomic E-state index is 0.356. The Kier molecular flexibility index (Phi) is 4.51. The summed E-state index contributed by atoms with van der Waals surface area (Å²) >= 11 is 0. The number of hydrogen-bond donors (Lipinski definition) is 0. The summed E-state index contributed by atoms with van der Waals surface area (Å²) in [4.78, 5) is 14.6. The van der Waals surface area contributed by atoms with Gasteiger partial charge in [0.15, 0.2) is 0 Å². The molecule has 1 aliphatic heterocycles. The number of carbonyl (C=O) groups is 1. The predicted molar refractivity (Wildman–Crippen MR) is 81.7 cm³/mol. The molecule has 1 saturated carbocycles. The topological polar surface area (TPSA) is 20.3 Å². The van der Waals surface area contributed by atoms with Crippen molar-refractivity contribution in [1.82, 2.24) is 4.90 Å². The number of Topliss-reactive ketones (excluding diaryl/α,β-unsaturated/α-hetero) is 1. The maximum absolute atomic E-state index is 12.0. The predicted octanol–water partition coefficient (Wildman–Crippen LogP) is 3.45. The van der Waals surface area contributed by atoms with Gasteiger partial charge in [0.2, 0.25) is 0 Å². The Balaban J connectivity index is 1.50. The van der Waals surface area contributed by atoms with E-state index in [4.69, 9.17) is 0 Å². The Bertz CT molecular complexity index is 442. The number of likely N-dealkylation sites (tertiary alicyclic amines) is 1. The zero-order valence-electron chi connectivity index (χ0n) is 12.3. The highest BCUT2D eigenvalue weighted by molar-refractivity contribution is 5.83. The van der Waals surface area contributed by atoms with E-state index in [0.29, 0.717) is 17.7 Å². The average molecular weight is 271 g/mol. The minimum Gasteiger partial charge on any atom is -0.300 e. The van der Waals surface area contributed by atoms with Crippen LogP contribution in [0.1, 0.15) is 44.1 Å². The Hall–Kier alpha value is -1.15. The van der Waals surface area contributed by atoms with Crippen LogP contribution in [0, 0.1) is 5.92 Å². The van der Waals surface area contributed by atoms with Crippen LogP contribution in [0.25, 0.3) is 0 Å². The molecule has 3 rings (SSSR count).